The van der Waals surface area contributed by atoms with Crippen molar-refractivity contribution in [3.8, 4) is 17.2 Å². The molecular weight excluding hydrogens is 454 g/mol. The van der Waals surface area contributed by atoms with Crippen molar-refractivity contribution in [3.63, 3.8) is 0 Å². The Balaban J connectivity index is 1.36. The van der Waals surface area contributed by atoms with Gasteiger partial charge in [0.15, 0.2) is 11.5 Å². The second kappa shape index (κ2) is 9.00. The van der Waals surface area contributed by atoms with Crippen LogP contribution >= 0.6 is 11.3 Å². The molecule has 0 saturated carbocycles. The average Bonchev–Trinajstić information content (AvgIpc) is 3.22. The molecule has 0 unspecified atom stereocenters. The van der Waals surface area contributed by atoms with E-state index in [0.29, 0.717) is 22.8 Å². The molecule has 2 aromatic carbocycles. The molecule has 0 bridgehead atoms. The zero-order valence-corrected chi connectivity index (χ0v) is 20.0. The summed E-state index contributed by atoms with van der Waals surface area (Å²) in [7, 11) is 5.17. The van der Waals surface area contributed by atoms with Gasteiger partial charge in [-0.2, -0.15) is 0 Å². The Labute approximate surface area is 201 Å². The number of nitrogens with one attached hydrogen (secondary N) is 2. The number of thiophene rings is 1. The quantitative estimate of drug-likeness (QED) is 0.425. The van der Waals surface area contributed by atoms with Crippen molar-refractivity contribution in [1.29, 1.82) is 0 Å². The van der Waals surface area contributed by atoms with E-state index in [1.54, 1.807) is 54.8 Å². The zero-order valence-electron chi connectivity index (χ0n) is 19.1. The molecule has 1 atom stereocenters. The lowest BCUT2D eigenvalue weighted by molar-refractivity contribution is 0.0729. The maximum atomic E-state index is 13.0. The lowest BCUT2D eigenvalue weighted by Crippen LogP contribution is -2.38. The summed E-state index contributed by atoms with van der Waals surface area (Å²) < 4.78 is 16.2. The Hall–Kier alpha value is -3.56. The van der Waals surface area contributed by atoms with Crippen molar-refractivity contribution in [2.75, 3.05) is 33.1 Å². The first kappa shape index (κ1) is 22.2. The van der Waals surface area contributed by atoms with E-state index in [2.05, 4.69) is 22.6 Å². The maximum Gasteiger partial charge on any atom is 0.343 e. The van der Waals surface area contributed by atoms with Gasteiger partial charge in [-0.3, -0.25) is 4.79 Å². The van der Waals surface area contributed by atoms with Crippen LogP contribution in [0.1, 0.15) is 42.9 Å². The second-order valence-electron chi connectivity index (χ2n) is 8.27. The molecule has 3 aromatic rings. The van der Waals surface area contributed by atoms with Gasteiger partial charge in [-0.25, -0.2) is 4.79 Å². The molecule has 5 rings (SSSR count). The van der Waals surface area contributed by atoms with Gasteiger partial charge in [-0.15, -0.1) is 11.3 Å². The predicted molar refractivity (Wildman–Crippen MR) is 129 cm³/mol. The number of hydrogen-bond donors (Lipinski definition) is 2. The maximum absolute atomic E-state index is 13.0. The Morgan fingerprint density at radius 1 is 1.06 bits per heavy atom. The number of nitrogens with zero attached hydrogens (tertiary/aromatic N) is 1. The number of methoxy groups -OCH3 is 2. The van der Waals surface area contributed by atoms with Crippen molar-refractivity contribution in [3.05, 3.63) is 69.6 Å². The highest BCUT2D eigenvalue weighted by molar-refractivity contribution is 7.16. The van der Waals surface area contributed by atoms with Crippen LogP contribution in [0.15, 0.2) is 42.5 Å². The standard InChI is InChI=1S/C25H25N3O5S/c1-28-11-10-17-20(13-28)34-24-21(17)23(29)26-22(27-24)15-6-9-18(19(12-15)32-3)33-25(30)14-4-7-16(31-2)8-5-14/h4-9,12,22,27H,10-11,13H2,1-3H3,(H,26,29)/t22-/m1/s1. The number of hydrogen-bond acceptors (Lipinski definition) is 8. The van der Waals surface area contributed by atoms with E-state index in [0.717, 1.165) is 41.2 Å². The summed E-state index contributed by atoms with van der Waals surface area (Å²) in [4.78, 5) is 29.1. The molecule has 2 N–H and O–H groups in total. The Morgan fingerprint density at radius 2 is 1.85 bits per heavy atom. The third kappa shape index (κ3) is 4.08. The topological polar surface area (TPSA) is 89.1 Å². The van der Waals surface area contributed by atoms with E-state index in [4.69, 9.17) is 14.2 Å². The number of carbonyl (C=O) groups is 2. The summed E-state index contributed by atoms with van der Waals surface area (Å²) in [6.07, 6.45) is 0.456. The van der Waals surface area contributed by atoms with Crippen LogP contribution in [0.5, 0.6) is 17.2 Å². The van der Waals surface area contributed by atoms with Crippen molar-refractivity contribution in [1.82, 2.24) is 10.2 Å². The van der Waals surface area contributed by atoms with Gasteiger partial charge in [0.05, 0.1) is 25.3 Å². The van der Waals surface area contributed by atoms with E-state index in [9.17, 15) is 9.59 Å². The molecule has 2 aliphatic rings. The average molecular weight is 480 g/mol. The highest BCUT2D eigenvalue weighted by atomic mass is 32.1. The fourth-order valence-electron chi connectivity index (χ4n) is 4.24. The summed E-state index contributed by atoms with van der Waals surface area (Å²) >= 11 is 1.64. The monoisotopic (exact) mass is 479 g/mol. The van der Waals surface area contributed by atoms with Crippen molar-refractivity contribution >= 4 is 28.2 Å². The number of carbonyl (C=O) groups excluding carboxylic acids is 2. The summed E-state index contributed by atoms with van der Waals surface area (Å²) in [5, 5.41) is 7.40. The summed E-state index contributed by atoms with van der Waals surface area (Å²) in [6.45, 7) is 1.80. The van der Waals surface area contributed by atoms with Crippen LogP contribution in [0.4, 0.5) is 5.00 Å². The van der Waals surface area contributed by atoms with Gasteiger partial charge in [0.25, 0.3) is 5.91 Å². The Bertz CT molecular complexity index is 1250. The number of amides is 1. The minimum absolute atomic E-state index is 0.0743. The third-order valence-electron chi connectivity index (χ3n) is 6.08. The SMILES string of the molecule is COc1ccc(C(=O)Oc2ccc([C@@H]3NC(=O)c4c(sc5c4CCN(C)C5)N3)cc2OC)cc1. The molecule has 0 fully saturated rings. The van der Waals surface area contributed by atoms with Crippen LogP contribution in [-0.2, 0) is 13.0 Å². The molecule has 9 heteroatoms. The highest BCUT2D eigenvalue weighted by Gasteiger charge is 2.33. The van der Waals surface area contributed by atoms with Gasteiger partial charge in [0.2, 0.25) is 0 Å². The fourth-order valence-corrected chi connectivity index (χ4v) is 5.60. The first-order valence-electron chi connectivity index (χ1n) is 10.9. The minimum atomic E-state index is -0.503. The largest absolute Gasteiger partial charge is 0.497 e. The Kier molecular flexibility index (Phi) is 5.89. The van der Waals surface area contributed by atoms with Crippen LogP contribution in [0, 0.1) is 0 Å². The number of rotatable bonds is 5. The predicted octanol–water partition coefficient (Wildman–Crippen LogP) is 3.83. The lowest BCUT2D eigenvalue weighted by atomic mass is 10.0. The highest BCUT2D eigenvalue weighted by Crippen LogP contribution is 2.41. The number of ether oxygens (including phenoxy) is 3. The molecule has 0 aliphatic carbocycles. The van der Waals surface area contributed by atoms with Crippen LogP contribution in [0.2, 0.25) is 0 Å². The van der Waals surface area contributed by atoms with Crippen LogP contribution in [0.3, 0.4) is 0 Å². The number of esters is 1. The molecule has 3 heterocycles. The molecule has 34 heavy (non-hydrogen) atoms. The van der Waals surface area contributed by atoms with Crippen LogP contribution < -0.4 is 24.8 Å². The van der Waals surface area contributed by atoms with Crippen molar-refractivity contribution < 1.29 is 23.8 Å². The van der Waals surface area contributed by atoms with Gasteiger partial charge < -0.3 is 29.7 Å². The first-order valence-corrected chi connectivity index (χ1v) is 11.7. The van der Waals surface area contributed by atoms with E-state index in [-0.39, 0.29) is 5.91 Å². The lowest BCUT2D eigenvalue weighted by Gasteiger charge is -2.27. The first-order chi connectivity index (χ1) is 16.5. The zero-order chi connectivity index (χ0) is 23.8. The molecular formula is C25H25N3O5S. The Morgan fingerprint density at radius 3 is 2.59 bits per heavy atom. The molecule has 0 radical (unpaired) electrons. The van der Waals surface area contributed by atoms with E-state index < -0.39 is 12.1 Å². The number of benzene rings is 2. The van der Waals surface area contributed by atoms with Gasteiger partial charge in [0, 0.05) is 18.0 Å². The van der Waals surface area contributed by atoms with Crippen LogP contribution in [0.25, 0.3) is 0 Å². The fraction of sp³-hybridized carbons (Fsp3) is 0.280. The molecule has 1 amide bonds. The molecule has 176 valence electrons. The van der Waals surface area contributed by atoms with Crippen molar-refractivity contribution in [2.45, 2.75) is 19.1 Å². The molecule has 1 aromatic heterocycles. The summed E-state index contributed by atoms with van der Waals surface area (Å²) in [6, 6.07) is 11.9. The van der Waals surface area contributed by atoms with Gasteiger partial charge in [-0.05, 0) is 61.0 Å². The van der Waals surface area contributed by atoms with Gasteiger partial charge in [-0.1, -0.05) is 6.07 Å². The van der Waals surface area contributed by atoms with E-state index in [1.165, 1.54) is 12.0 Å². The molecule has 0 spiro atoms. The normalized spacial score (nSPS) is 17.1. The molecule has 2 aliphatic heterocycles. The van der Waals surface area contributed by atoms with E-state index in [1.807, 2.05) is 6.07 Å². The van der Waals surface area contributed by atoms with Gasteiger partial charge >= 0.3 is 5.97 Å². The third-order valence-corrected chi connectivity index (χ3v) is 7.22. The molecule has 8 nitrogen and oxygen atoms in total. The summed E-state index contributed by atoms with van der Waals surface area (Å²) in [5.74, 6) is 0.770. The smallest absolute Gasteiger partial charge is 0.343 e. The number of likely N-dealkylation sites (N-methyl/N-ethyl adjacent to an activating group) is 1. The second-order valence-corrected chi connectivity index (χ2v) is 9.38. The van der Waals surface area contributed by atoms with E-state index >= 15 is 0 Å². The van der Waals surface area contributed by atoms with Gasteiger partial charge in [0.1, 0.15) is 16.9 Å². The summed E-state index contributed by atoms with van der Waals surface area (Å²) in [5.41, 5.74) is 3.11. The number of fused-ring (bicyclic) bond motifs is 3. The minimum Gasteiger partial charge on any atom is -0.497 e. The van der Waals surface area contributed by atoms with Crippen LogP contribution in [-0.4, -0.2) is 44.6 Å². The van der Waals surface area contributed by atoms with Crippen molar-refractivity contribution in [2.24, 2.45) is 0 Å². The number of anilines is 1. The molecule has 0 saturated heterocycles.